The molecule has 26 heavy (non-hydrogen) atoms. The van der Waals surface area contributed by atoms with Crippen LogP contribution in [0.4, 0.5) is 4.39 Å². The molecule has 1 aromatic rings. The zero-order chi connectivity index (χ0) is 19.1. The molecule has 1 heterocycles. The molecule has 1 atom stereocenters. The molecule has 1 unspecified atom stereocenters. The van der Waals surface area contributed by atoms with Gasteiger partial charge < -0.3 is 15.3 Å². The van der Waals surface area contributed by atoms with E-state index in [1.807, 2.05) is 0 Å². The van der Waals surface area contributed by atoms with Crippen molar-refractivity contribution in [2.24, 2.45) is 10.8 Å². The first-order valence-corrected chi connectivity index (χ1v) is 8.77. The predicted octanol–water partition coefficient (Wildman–Crippen LogP) is 2.05. The van der Waals surface area contributed by atoms with Crippen LogP contribution >= 0.6 is 0 Å². The monoisotopic (exact) mass is 362 g/mol. The third-order valence-corrected chi connectivity index (χ3v) is 5.71. The van der Waals surface area contributed by atoms with E-state index in [1.165, 1.54) is 18.2 Å². The number of hydrogen-bond acceptors (Lipinski definition) is 3. The summed E-state index contributed by atoms with van der Waals surface area (Å²) in [4.78, 5) is 38.1. The molecule has 2 amide bonds. The molecule has 1 saturated carbocycles. The minimum absolute atomic E-state index is 0.0412. The Bertz CT molecular complexity index is 756. The Morgan fingerprint density at radius 1 is 1.19 bits per heavy atom. The van der Waals surface area contributed by atoms with Gasteiger partial charge in [0.1, 0.15) is 5.82 Å². The summed E-state index contributed by atoms with van der Waals surface area (Å²) in [6.45, 7) is 4.33. The molecule has 2 fully saturated rings. The normalized spacial score (nSPS) is 24.8. The molecule has 1 aromatic carbocycles. The lowest BCUT2D eigenvalue weighted by Crippen LogP contribution is -2.50. The molecule has 2 aliphatic rings. The van der Waals surface area contributed by atoms with Gasteiger partial charge >= 0.3 is 5.97 Å². The van der Waals surface area contributed by atoms with Gasteiger partial charge in [-0.05, 0) is 36.8 Å². The first kappa shape index (κ1) is 18.4. The van der Waals surface area contributed by atoms with Gasteiger partial charge in [-0.15, -0.1) is 0 Å². The number of hydrogen-bond donors (Lipinski definition) is 2. The van der Waals surface area contributed by atoms with Gasteiger partial charge in [0.25, 0.3) is 5.91 Å². The van der Waals surface area contributed by atoms with Crippen LogP contribution in [-0.2, 0) is 9.59 Å². The fourth-order valence-electron chi connectivity index (χ4n) is 3.81. The van der Waals surface area contributed by atoms with Crippen LogP contribution in [0.25, 0.3) is 0 Å². The van der Waals surface area contributed by atoms with E-state index in [-0.39, 0.29) is 17.5 Å². The summed E-state index contributed by atoms with van der Waals surface area (Å²) in [6, 6.07) is 5.68. The molecule has 2 N–H and O–H groups in total. The second-order valence-electron chi connectivity index (χ2n) is 7.79. The lowest BCUT2D eigenvalue weighted by Gasteiger charge is -2.33. The van der Waals surface area contributed by atoms with Crippen molar-refractivity contribution < 1.29 is 23.9 Å². The smallest absolute Gasteiger partial charge is 0.319 e. The molecule has 140 valence electrons. The van der Waals surface area contributed by atoms with Crippen molar-refractivity contribution in [3.63, 3.8) is 0 Å². The first-order chi connectivity index (χ1) is 12.2. The number of amides is 2. The second kappa shape index (κ2) is 6.37. The summed E-state index contributed by atoms with van der Waals surface area (Å²) in [7, 11) is 0. The van der Waals surface area contributed by atoms with Crippen molar-refractivity contribution in [2.75, 3.05) is 13.1 Å². The third kappa shape index (κ3) is 2.95. The maximum Gasteiger partial charge on any atom is 0.319 e. The van der Waals surface area contributed by atoms with E-state index in [2.05, 4.69) is 5.32 Å². The molecule has 0 radical (unpaired) electrons. The Morgan fingerprint density at radius 2 is 1.77 bits per heavy atom. The van der Waals surface area contributed by atoms with Crippen molar-refractivity contribution in [1.29, 1.82) is 0 Å². The molecule has 1 aliphatic carbocycles. The molecule has 0 aromatic heterocycles. The van der Waals surface area contributed by atoms with Crippen LogP contribution in [-0.4, -0.2) is 46.9 Å². The number of carbonyl (C=O) groups excluding carboxylic acids is 2. The molecule has 0 bridgehead atoms. The predicted molar refractivity (Wildman–Crippen MR) is 91.9 cm³/mol. The Kier molecular flexibility index (Phi) is 4.50. The SMILES string of the molecule is CC1(C)CC1(C(=O)O)C(=O)NC1CCN(C(=O)c2ccccc2F)CC1. The van der Waals surface area contributed by atoms with Crippen molar-refractivity contribution in [2.45, 2.75) is 39.2 Å². The number of aliphatic carboxylic acids is 1. The Labute approximate surface area is 151 Å². The van der Waals surface area contributed by atoms with E-state index in [1.54, 1.807) is 24.8 Å². The van der Waals surface area contributed by atoms with Crippen LogP contribution < -0.4 is 5.32 Å². The molecular formula is C19H23FN2O4. The Balaban J connectivity index is 1.58. The van der Waals surface area contributed by atoms with Gasteiger partial charge in [-0.2, -0.15) is 0 Å². The zero-order valence-corrected chi connectivity index (χ0v) is 14.9. The summed E-state index contributed by atoms with van der Waals surface area (Å²) in [5.41, 5.74) is -1.86. The fraction of sp³-hybridized carbons (Fsp3) is 0.526. The van der Waals surface area contributed by atoms with Gasteiger partial charge in [-0.3, -0.25) is 14.4 Å². The van der Waals surface area contributed by atoms with Crippen molar-refractivity contribution in [3.8, 4) is 0 Å². The lowest BCUT2D eigenvalue weighted by atomic mass is 9.93. The van der Waals surface area contributed by atoms with Crippen LogP contribution in [0.1, 0.15) is 43.5 Å². The Morgan fingerprint density at radius 3 is 2.27 bits per heavy atom. The number of piperidine rings is 1. The number of likely N-dealkylation sites (tertiary alicyclic amines) is 1. The van der Waals surface area contributed by atoms with E-state index >= 15 is 0 Å². The third-order valence-electron chi connectivity index (χ3n) is 5.71. The van der Waals surface area contributed by atoms with Crippen molar-refractivity contribution in [1.82, 2.24) is 10.2 Å². The standard InChI is InChI=1S/C19H23FN2O4/c1-18(2)11-19(18,17(25)26)16(24)21-12-7-9-22(10-8-12)15(23)13-5-3-4-6-14(13)20/h3-6,12H,7-11H2,1-2H3,(H,21,24)(H,25,26). The average molecular weight is 362 g/mol. The number of rotatable bonds is 4. The van der Waals surface area contributed by atoms with E-state index in [4.69, 9.17) is 0 Å². The Hall–Kier alpha value is -2.44. The van der Waals surface area contributed by atoms with Crippen LogP contribution in [0.3, 0.4) is 0 Å². The zero-order valence-electron chi connectivity index (χ0n) is 14.9. The van der Waals surface area contributed by atoms with Crippen LogP contribution in [0.2, 0.25) is 0 Å². The van der Waals surface area contributed by atoms with Gasteiger partial charge in [-0.25, -0.2) is 4.39 Å². The number of halogens is 1. The lowest BCUT2D eigenvalue weighted by molar-refractivity contribution is -0.151. The fourth-order valence-corrected chi connectivity index (χ4v) is 3.81. The van der Waals surface area contributed by atoms with E-state index in [9.17, 15) is 23.9 Å². The highest BCUT2D eigenvalue weighted by atomic mass is 19.1. The number of carbonyl (C=O) groups is 3. The van der Waals surface area contributed by atoms with Gasteiger partial charge in [0.15, 0.2) is 5.41 Å². The number of carboxylic acid groups (broad SMARTS) is 1. The topological polar surface area (TPSA) is 86.7 Å². The van der Waals surface area contributed by atoms with Gasteiger partial charge in [0, 0.05) is 19.1 Å². The second-order valence-corrected chi connectivity index (χ2v) is 7.79. The van der Waals surface area contributed by atoms with E-state index in [0.29, 0.717) is 32.4 Å². The molecule has 7 heteroatoms. The summed E-state index contributed by atoms with van der Waals surface area (Å²) >= 11 is 0. The molecule has 0 spiro atoms. The number of nitrogens with zero attached hydrogens (tertiary/aromatic N) is 1. The minimum Gasteiger partial charge on any atom is -0.480 e. The number of benzene rings is 1. The van der Waals surface area contributed by atoms with Gasteiger partial charge in [0.2, 0.25) is 5.91 Å². The molecule has 1 aliphatic heterocycles. The van der Waals surface area contributed by atoms with Gasteiger partial charge in [0.05, 0.1) is 5.56 Å². The summed E-state index contributed by atoms with van der Waals surface area (Å²) < 4.78 is 13.8. The highest BCUT2D eigenvalue weighted by molar-refractivity contribution is 6.06. The highest BCUT2D eigenvalue weighted by Gasteiger charge is 2.72. The average Bonchev–Trinajstić information content (AvgIpc) is 3.20. The summed E-state index contributed by atoms with van der Waals surface area (Å²) in [5, 5.41) is 12.3. The largest absolute Gasteiger partial charge is 0.480 e. The van der Waals surface area contributed by atoms with E-state index < -0.39 is 28.5 Å². The first-order valence-electron chi connectivity index (χ1n) is 8.77. The summed E-state index contributed by atoms with van der Waals surface area (Å²) in [6.07, 6.45) is 1.36. The van der Waals surface area contributed by atoms with Crippen LogP contribution in [0, 0.1) is 16.6 Å². The maximum absolute atomic E-state index is 13.8. The van der Waals surface area contributed by atoms with Crippen molar-refractivity contribution >= 4 is 17.8 Å². The van der Waals surface area contributed by atoms with E-state index in [0.717, 1.165) is 0 Å². The molecule has 1 saturated heterocycles. The van der Waals surface area contributed by atoms with Crippen LogP contribution in [0.15, 0.2) is 24.3 Å². The number of carboxylic acids is 1. The minimum atomic E-state index is -1.35. The van der Waals surface area contributed by atoms with Gasteiger partial charge in [-0.1, -0.05) is 26.0 Å². The molecule has 3 rings (SSSR count). The number of nitrogens with one attached hydrogen (secondary N) is 1. The highest BCUT2D eigenvalue weighted by Crippen LogP contribution is 2.63. The quantitative estimate of drug-likeness (QED) is 0.803. The summed E-state index contributed by atoms with van der Waals surface area (Å²) in [5.74, 6) is -2.45. The van der Waals surface area contributed by atoms with Crippen molar-refractivity contribution in [3.05, 3.63) is 35.6 Å². The molecule has 6 nitrogen and oxygen atoms in total. The maximum atomic E-state index is 13.8. The van der Waals surface area contributed by atoms with Crippen LogP contribution in [0.5, 0.6) is 0 Å². The molecular weight excluding hydrogens is 339 g/mol.